The molecular weight excluding hydrogens is 100 g/mol. The van der Waals surface area contributed by atoms with Gasteiger partial charge in [0.2, 0.25) is 0 Å². The lowest BCUT2D eigenvalue weighted by atomic mass is 10.3. The summed E-state index contributed by atoms with van der Waals surface area (Å²) in [4.78, 5) is 0. The van der Waals surface area contributed by atoms with E-state index in [0.717, 1.165) is 5.76 Å². The Bertz CT molecular complexity index is 190. The summed E-state index contributed by atoms with van der Waals surface area (Å²) in [5, 5.41) is 0. The van der Waals surface area contributed by atoms with Crippen LogP contribution < -0.4 is 0 Å². The maximum Gasteiger partial charge on any atom is 0.114 e. The van der Waals surface area contributed by atoms with Crippen molar-refractivity contribution >= 4 is 0 Å². The van der Waals surface area contributed by atoms with Gasteiger partial charge in [-0.25, -0.2) is 0 Å². The summed E-state index contributed by atoms with van der Waals surface area (Å²) in [6.45, 7) is 0. The largest absolute Gasteiger partial charge is 0.468 e. The summed E-state index contributed by atoms with van der Waals surface area (Å²) >= 11 is 0. The summed E-state index contributed by atoms with van der Waals surface area (Å²) in [5.74, 6) is 1.58. The van der Waals surface area contributed by atoms with Gasteiger partial charge in [0.1, 0.15) is 5.76 Å². The molecule has 0 saturated carbocycles. The van der Waals surface area contributed by atoms with E-state index >= 15 is 0 Å². The first-order valence-corrected chi connectivity index (χ1v) is 2.68. The molecule has 0 spiro atoms. The third-order valence-corrected chi connectivity index (χ3v) is 1.26. The SMILES string of the molecule is C1=CC1c1ccco1. The molecule has 0 N–H and O–H groups in total. The minimum Gasteiger partial charge on any atom is -0.468 e. The number of allylic oxidation sites excluding steroid dienone is 2. The van der Waals surface area contributed by atoms with Gasteiger partial charge in [-0.2, -0.15) is 0 Å². The average Bonchev–Trinajstić information content (AvgIpc) is 2.49. The fraction of sp³-hybridized carbons (Fsp3) is 0.143. The van der Waals surface area contributed by atoms with Gasteiger partial charge in [0.15, 0.2) is 0 Å². The van der Waals surface area contributed by atoms with Crippen LogP contribution in [-0.2, 0) is 0 Å². The third-order valence-electron chi connectivity index (χ3n) is 1.26. The number of hydrogen-bond acceptors (Lipinski definition) is 1. The van der Waals surface area contributed by atoms with Crippen LogP contribution in [0, 0.1) is 0 Å². The molecule has 1 nitrogen and oxygen atoms in total. The Morgan fingerprint density at radius 3 is 2.75 bits per heavy atom. The summed E-state index contributed by atoms with van der Waals surface area (Å²) in [7, 11) is 0. The van der Waals surface area contributed by atoms with Crippen LogP contribution in [0.2, 0.25) is 0 Å². The predicted molar refractivity (Wildman–Crippen MR) is 30.6 cm³/mol. The van der Waals surface area contributed by atoms with Crippen LogP contribution in [0.4, 0.5) is 0 Å². The minimum atomic E-state index is 0.519. The second-order valence-corrected chi connectivity index (χ2v) is 1.93. The normalized spacial score (nSPS) is 17.0. The molecule has 0 aliphatic heterocycles. The van der Waals surface area contributed by atoms with Crippen LogP contribution in [-0.4, -0.2) is 0 Å². The Labute approximate surface area is 47.6 Å². The van der Waals surface area contributed by atoms with Crippen molar-refractivity contribution in [3.8, 4) is 0 Å². The summed E-state index contributed by atoms with van der Waals surface area (Å²) < 4.78 is 5.09. The van der Waals surface area contributed by atoms with Gasteiger partial charge in [-0.1, -0.05) is 12.2 Å². The molecule has 0 bridgehead atoms. The Morgan fingerprint density at radius 1 is 1.38 bits per heavy atom. The highest BCUT2D eigenvalue weighted by Crippen LogP contribution is 2.29. The molecule has 0 unspecified atom stereocenters. The van der Waals surface area contributed by atoms with E-state index in [1.807, 2.05) is 12.1 Å². The monoisotopic (exact) mass is 106 g/mol. The van der Waals surface area contributed by atoms with Crippen LogP contribution in [0.15, 0.2) is 35.0 Å². The Hall–Kier alpha value is -0.980. The van der Waals surface area contributed by atoms with E-state index in [0.29, 0.717) is 5.92 Å². The first-order valence-electron chi connectivity index (χ1n) is 2.68. The molecule has 1 aliphatic rings. The van der Waals surface area contributed by atoms with Crippen molar-refractivity contribution in [1.29, 1.82) is 0 Å². The van der Waals surface area contributed by atoms with Crippen LogP contribution in [0.1, 0.15) is 11.7 Å². The highest BCUT2D eigenvalue weighted by Gasteiger charge is 2.15. The third kappa shape index (κ3) is 0.479. The van der Waals surface area contributed by atoms with E-state index in [4.69, 9.17) is 4.42 Å². The zero-order valence-corrected chi connectivity index (χ0v) is 4.37. The average molecular weight is 106 g/mol. The Morgan fingerprint density at radius 2 is 2.25 bits per heavy atom. The van der Waals surface area contributed by atoms with E-state index in [-0.39, 0.29) is 0 Å². The second-order valence-electron chi connectivity index (χ2n) is 1.93. The summed E-state index contributed by atoms with van der Waals surface area (Å²) in [6, 6.07) is 3.90. The van der Waals surface area contributed by atoms with Crippen molar-refractivity contribution < 1.29 is 4.42 Å². The molecule has 0 aromatic carbocycles. The number of hydrogen-bond donors (Lipinski definition) is 0. The maximum atomic E-state index is 5.09. The van der Waals surface area contributed by atoms with E-state index in [9.17, 15) is 0 Å². The standard InChI is InChI=1S/C7H6O/c1-2-7(8-5-1)6-3-4-6/h1-6H. The lowest BCUT2D eigenvalue weighted by molar-refractivity contribution is 0.519. The van der Waals surface area contributed by atoms with Gasteiger partial charge >= 0.3 is 0 Å². The van der Waals surface area contributed by atoms with Crippen molar-refractivity contribution in [1.82, 2.24) is 0 Å². The van der Waals surface area contributed by atoms with Gasteiger partial charge in [0.25, 0.3) is 0 Å². The maximum absolute atomic E-state index is 5.09. The fourth-order valence-electron chi connectivity index (χ4n) is 0.726. The predicted octanol–water partition coefficient (Wildman–Crippen LogP) is 1.93. The molecule has 0 fully saturated rings. The zero-order valence-electron chi connectivity index (χ0n) is 4.37. The van der Waals surface area contributed by atoms with Crippen molar-refractivity contribution in [3.05, 3.63) is 36.3 Å². The molecule has 0 amide bonds. The first kappa shape index (κ1) is 3.96. The van der Waals surface area contributed by atoms with Crippen LogP contribution in [0.5, 0.6) is 0 Å². The molecule has 8 heavy (non-hydrogen) atoms. The van der Waals surface area contributed by atoms with Gasteiger partial charge in [-0.15, -0.1) is 0 Å². The van der Waals surface area contributed by atoms with Crippen LogP contribution in [0.3, 0.4) is 0 Å². The lowest BCUT2D eigenvalue weighted by Crippen LogP contribution is -1.68. The molecule has 1 heteroatoms. The highest BCUT2D eigenvalue weighted by molar-refractivity contribution is 5.31. The van der Waals surface area contributed by atoms with E-state index in [1.165, 1.54) is 0 Å². The molecule has 1 aromatic rings. The van der Waals surface area contributed by atoms with Crippen LogP contribution in [0.25, 0.3) is 0 Å². The Balaban J connectivity index is 2.29. The first-order chi connectivity index (χ1) is 3.97. The van der Waals surface area contributed by atoms with Crippen LogP contribution >= 0.6 is 0 Å². The molecule has 2 rings (SSSR count). The van der Waals surface area contributed by atoms with Crippen molar-refractivity contribution in [2.75, 3.05) is 0 Å². The smallest absolute Gasteiger partial charge is 0.114 e. The summed E-state index contributed by atoms with van der Waals surface area (Å²) in [6.07, 6.45) is 5.92. The molecule has 1 aromatic heterocycles. The lowest BCUT2D eigenvalue weighted by Gasteiger charge is -1.84. The number of furan rings is 1. The van der Waals surface area contributed by atoms with E-state index < -0.39 is 0 Å². The molecule has 1 aliphatic carbocycles. The van der Waals surface area contributed by atoms with Gasteiger partial charge in [0, 0.05) is 0 Å². The van der Waals surface area contributed by atoms with Crippen molar-refractivity contribution in [3.63, 3.8) is 0 Å². The number of rotatable bonds is 1. The zero-order chi connectivity index (χ0) is 5.40. The van der Waals surface area contributed by atoms with E-state index in [2.05, 4.69) is 12.2 Å². The minimum absolute atomic E-state index is 0.519. The molecule has 0 atom stereocenters. The molecule has 40 valence electrons. The molecule has 1 heterocycles. The van der Waals surface area contributed by atoms with Crippen molar-refractivity contribution in [2.45, 2.75) is 5.92 Å². The van der Waals surface area contributed by atoms with Gasteiger partial charge in [-0.05, 0) is 12.1 Å². The topological polar surface area (TPSA) is 13.1 Å². The van der Waals surface area contributed by atoms with Gasteiger partial charge < -0.3 is 4.42 Å². The fourth-order valence-corrected chi connectivity index (χ4v) is 0.726. The Kier molecular flexibility index (Phi) is 0.618. The van der Waals surface area contributed by atoms with Gasteiger partial charge in [-0.3, -0.25) is 0 Å². The van der Waals surface area contributed by atoms with Crippen molar-refractivity contribution in [2.24, 2.45) is 0 Å². The quantitative estimate of drug-likeness (QED) is 0.498. The highest BCUT2D eigenvalue weighted by atomic mass is 16.3. The molecular formula is C7H6O. The van der Waals surface area contributed by atoms with Gasteiger partial charge in [0.05, 0.1) is 12.2 Å². The van der Waals surface area contributed by atoms with E-state index in [1.54, 1.807) is 6.26 Å². The molecule has 0 radical (unpaired) electrons. The second kappa shape index (κ2) is 1.25. The molecule has 0 saturated heterocycles. The summed E-state index contributed by atoms with van der Waals surface area (Å²) in [5.41, 5.74) is 0.